The zero-order valence-electron chi connectivity index (χ0n) is 9.37. The maximum atomic E-state index is 11.6. The van der Waals surface area contributed by atoms with Crippen molar-refractivity contribution in [2.75, 3.05) is 0 Å². The lowest BCUT2D eigenvalue weighted by Crippen LogP contribution is -2.46. The minimum Gasteiger partial charge on any atom is -0.388 e. The maximum Gasteiger partial charge on any atom is 0.250 e. The Hall–Kier alpha value is -1.24. The second kappa shape index (κ2) is 4.56. The van der Waals surface area contributed by atoms with E-state index in [1.165, 1.54) is 12.2 Å². The Morgan fingerprint density at radius 3 is 2.59 bits per heavy atom. The number of nitrogens with one attached hydrogen (secondary N) is 1. The van der Waals surface area contributed by atoms with E-state index < -0.39 is 42.1 Å². The van der Waals surface area contributed by atoms with Gasteiger partial charge in [0.2, 0.25) is 11.8 Å². The van der Waals surface area contributed by atoms with Crippen molar-refractivity contribution in [2.45, 2.75) is 37.8 Å². The van der Waals surface area contributed by atoms with E-state index in [4.69, 9.17) is 4.74 Å². The first-order chi connectivity index (χ1) is 8.04. The molecule has 1 fully saturated rings. The fourth-order valence-corrected chi connectivity index (χ4v) is 2.20. The van der Waals surface area contributed by atoms with Crippen LogP contribution in [0.2, 0.25) is 0 Å². The SMILES string of the molecule is CC[C@H]1O[C@@H](C2C=CC(=O)NC2=O)[C@H](O)[C@@H]1O. The number of hydrogen-bond donors (Lipinski definition) is 3. The zero-order valence-corrected chi connectivity index (χ0v) is 9.37. The molecule has 6 heteroatoms. The Bertz CT molecular complexity index is 367. The van der Waals surface area contributed by atoms with E-state index in [0.29, 0.717) is 6.42 Å². The molecule has 2 heterocycles. The van der Waals surface area contributed by atoms with Gasteiger partial charge in [0.05, 0.1) is 12.0 Å². The second-order valence-electron chi connectivity index (χ2n) is 4.27. The van der Waals surface area contributed by atoms with Gasteiger partial charge in [0, 0.05) is 6.08 Å². The van der Waals surface area contributed by atoms with Crippen LogP contribution in [0.15, 0.2) is 12.2 Å². The van der Waals surface area contributed by atoms with E-state index in [0.717, 1.165) is 0 Å². The van der Waals surface area contributed by atoms with Gasteiger partial charge in [-0.1, -0.05) is 13.0 Å². The Morgan fingerprint density at radius 2 is 2.06 bits per heavy atom. The van der Waals surface area contributed by atoms with Crippen molar-refractivity contribution < 1.29 is 24.5 Å². The summed E-state index contributed by atoms with van der Waals surface area (Å²) in [7, 11) is 0. The van der Waals surface area contributed by atoms with E-state index in [1.54, 1.807) is 0 Å². The number of hydrogen-bond acceptors (Lipinski definition) is 5. The van der Waals surface area contributed by atoms with Crippen LogP contribution >= 0.6 is 0 Å². The van der Waals surface area contributed by atoms with Crippen molar-refractivity contribution in [3.8, 4) is 0 Å². The minimum absolute atomic E-state index is 0.478. The first-order valence-electron chi connectivity index (χ1n) is 5.59. The number of amides is 2. The largest absolute Gasteiger partial charge is 0.388 e. The number of aliphatic hydroxyl groups excluding tert-OH is 2. The number of aliphatic hydroxyl groups is 2. The topological polar surface area (TPSA) is 95.9 Å². The summed E-state index contributed by atoms with van der Waals surface area (Å²) in [5.74, 6) is -1.73. The standard InChI is InChI=1S/C11H15NO5/c1-2-6-8(14)9(15)10(17-6)5-3-4-7(13)12-11(5)16/h3-6,8-10,14-15H,2H2,1H3,(H,12,13,16)/t5?,6-,8-,9-,10+/m1/s1. The summed E-state index contributed by atoms with van der Waals surface area (Å²) in [5.41, 5.74) is 0. The summed E-state index contributed by atoms with van der Waals surface area (Å²) in [6, 6.07) is 0. The van der Waals surface area contributed by atoms with E-state index in [2.05, 4.69) is 5.32 Å². The van der Waals surface area contributed by atoms with Gasteiger partial charge in [-0.3, -0.25) is 14.9 Å². The molecule has 1 saturated heterocycles. The molecule has 0 aromatic rings. The molecule has 2 rings (SSSR count). The van der Waals surface area contributed by atoms with Gasteiger partial charge in [-0.25, -0.2) is 0 Å². The molecular weight excluding hydrogens is 226 g/mol. The fourth-order valence-electron chi connectivity index (χ4n) is 2.20. The average Bonchev–Trinajstić information content (AvgIpc) is 2.57. The van der Waals surface area contributed by atoms with Crippen LogP contribution in [0, 0.1) is 5.92 Å². The Morgan fingerprint density at radius 1 is 1.35 bits per heavy atom. The molecule has 2 aliphatic heterocycles. The third-order valence-corrected chi connectivity index (χ3v) is 3.16. The molecule has 0 saturated carbocycles. The minimum atomic E-state index is -1.12. The monoisotopic (exact) mass is 241 g/mol. The lowest BCUT2D eigenvalue weighted by Gasteiger charge is -2.23. The molecule has 0 bridgehead atoms. The Labute approximate surface area is 98.3 Å². The second-order valence-corrected chi connectivity index (χ2v) is 4.27. The van der Waals surface area contributed by atoms with Crippen molar-refractivity contribution in [1.29, 1.82) is 0 Å². The molecule has 0 aliphatic carbocycles. The van der Waals surface area contributed by atoms with Gasteiger partial charge in [-0.05, 0) is 6.42 Å². The zero-order chi connectivity index (χ0) is 12.6. The van der Waals surface area contributed by atoms with Gasteiger partial charge in [0.1, 0.15) is 18.3 Å². The average molecular weight is 241 g/mol. The molecule has 0 radical (unpaired) electrons. The van der Waals surface area contributed by atoms with Gasteiger partial charge in [-0.15, -0.1) is 0 Å². The third-order valence-electron chi connectivity index (χ3n) is 3.16. The molecule has 3 N–H and O–H groups in total. The van der Waals surface area contributed by atoms with Crippen molar-refractivity contribution in [3.05, 3.63) is 12.2 Å². The molecular formula is C11H15NO5. The van der Waals surface area contributed by atoms with Crippen LogP contribution in [0.5, 0.6) is 0 Å². The van der Waals surface area contributed by atoms with Crippen LogP contribution in [0.1, 0.15) is 13.3 Å². The van der Waals surface area contributed by atoms with E-state index >= 15 is 0 Å². The van der Waals surface area contributed by atoms with Gasteiger partial charge >= 0.3 is 0 Å². The van der Waals surface area contributed by atoms with Crippen molar-refractivity contribution in [2.24, 2.45) is 5.92 Å². The molecule has 0 spiro atoms. The van der Waals surface area contributed by atoms with E-state index in [9.17, 15) is 19.8 Å². The number of ether oxygens (including phenoxy) is 1. The summed E-state index contributed by atoms with van der Waals surface area (Å²) in [6.45, 7) is 1.82. The summed E-state index contributed by atoms with van der Waals surface area (Å²) < 4.78 is 5.46. The van der Waals surface area contributed by atoms with Crippen molar-refractivity contribution >= 4 is 11.8 Å². The van der Waals surface area contributed by atoms with Crippen LogP contribution in [0.4, 0.5) is 0 Å². The van der Waals surface area contributed by atoms with Crippen molar-refractivity contribution in [3.63, 3.8) is 0 Å². The van der Waals surface area contributed by atoms with Crippen molar-refractivity contribution in [1.82, 2.24) is 5.32 Å². The molecule has 6 nitrogen and oxygen atoms in total. The molecule has 94 valence electrons. The predicted molar refractivity (Wildman–Crippen MR) is 56.7 cm³/mol. The fraction of sp³-hybridized carbons (Fsp3) is 0.636. The summed E-state index contributed by atoms with van der Waals surface area (Å²) in [5, 5.41) is 21.7. The third kappa shape index (κ3) is 2.11. The van der Waals surface area contributed by atoms with Gasteiger partial charge in [0.15, 0.2) is 0 Å². The molecule has 5 atom stereocenters. The van der Waals surface area contributed by atoms with Crippen LogP contribution in [-0.4, -0.2) is 46.4 Å². The maximum absolute atomic E-state index is 11.6. The highest BCUT2D eigenvalue weighted by molar-refractivity contribution is 6.05. The van der Waals surface area contributed by atoms with Crippen LogP contribution in [-0.2, 0) is 14.3 Å². The highest BCUT2D eigenvalue weighted by Gasteiger charge is 2.47. The molecule has 0 aromatic carbocycles. The smallest absolute Gasteiger partial charge is 0.250 e. The van der Waals surface area contributed by atoms with Gasteiger partial charge in [-0.2, -0.15) is 0 Å². The lowest BCUT2D eigenvalue weighted by atomic mass is 9.93. The predicted octanol–water partition coefficient (Wildman–Crippen LogP) is -1.29. The molecule has 2 amide bonds. The molecule has 17 heavy (non-hydrogen) atoms. The first kappa shape index (κ1) is 12.2. The summed E-state index contributed by atoms with van der Waals surface area (Å²) in [6.07, 6.45) is -0.218. The highest BCUT2D eigenvalue weighted by atomic mass is 16.5. The summed E-state index contributed by atoms with van der Waals surface area (Å²) in [4.78, 5) is 22.5. The lowest BCUT2D eigenvalue weighted by molar-refractivity contribution is -0.135. The van der Waals surface area contributed by atoms with Crippen LogP contribution in [0.3, 0.4) is 0 Å². The van der Waals surface area contributed by atoms with Crippen LogP contribution < -0.4 is 5.32 Å². The number of carbonyl (C=O) groups is 2. The number of carbonyl (C=O) groups excluding carboxylic acids is 2. The molecule has 0 aromatic heterocycles. The Balaban J connectivity index is 2.16. The number of imide groups is 1. The van der Waals surface area contributed by atoms with E-state index in [1.807, 2.05) is 6.92 Å². The normalized spacial score (nSPS) is 41.7. The van der Waals surface area contributed by atoms with Gasteiger partial charge in [0.25, 0.3) is 0 Å². The quantitative estimate of drug-likeness (QED) is 0.523. The van der Waals surface area contributed by atoms with E-state index in [-0.39, 0.29) is 0 Å². The van der Waals surface area contributed by atoms with Gasteiger partial charge < -0.3 is 14.9 Å². The first-order valence-corrected chi connectivity index (χ1v) is 5.59. The molecule has 1 unspecified atom stereocenters. The van der Waals surface area contributed by atoms with Crippen LogP contribution in [0.25, 0.3) is 0 Å². The highest BCUT2D eigenvalue weighted by Crippen LogP contribution is 2.29. The number of rotatable bonds is 2. The Kier molecular flexibility index (Phi) is 3.28. The summed E-state index contributed by atoms with van der Waals surface area (Å²) >= 11 is 0. The molecule has 2 aliphatic rings.